The number of hydrogen-bond acceptors (Lipinski definition) is 1. The lowest BCUT2D eigenvalue weighted by Gasteiger charge is -2.05. The average Bonchev–Trinajstić information content (AvgIpc) is 2.94. The smallest absolute Gasteiger partial charge is 0.358 e. The van der Waals surface area contributed by atoms with Crippen molar-refractivity contribution >= 4 is 16.8 Å². The number of aryl methyl sites for hydroxylation is 1. The van der Waals surface area contributed by atoms with Crippen LogP contribution < -0.4 is 5.32 Å². The molecule has 0 aliphatic rings. The molecule has 26 heavy (non-hydrogen) atoms. The largest absolute Gasteiger partial charge is 0.416 e. The molecule has 0 aliphatic carbocycles. The van der Waals surface area contributed by atoms with E-state index in [1.54, 1.807) is 0 Å². The molecule has 132 valence electrons. The Morgan fingerprint density at radius 3 is 2.69 bits per heavy atom. The number of H-pyrrole nitrogens is 1. The molecule has 0 spiro atoms. The second-order valence-corrected chi connectivity index (χ2v) is 5.73. The number of para-hydroxylation sites is 1. The van der Waals surface area contributed by atoms with Crippen LogP contribution in [0.5, 0.6) is 0 Å². The fraction of sp³-hybridized carbons (Fsp3) is 0.150. The average molecular weight is 356 g/mol. The molecule has 3 rings (SSSR count). The van der Waals surface area contributed by atoms with Crippen molar-refractivity contribution in [2.75, 3.05) is 6.54 Å². The third kappa shape index (κ3) is 3.72. The van der Waals surface area contributed by atoms with Gasteiger partial charge in [-0.05, 0) is 31.2 Å². The zero-order valence-corrected chi connectivity index (χ0v) is 13.9. The molecule has 1 aromatic heterocycles. The number of rotatable bonds is 2. The van der Waals surface area contributed by atoms with Gasteiger partial charge in [0.25, 0.3) is 5.91 Å². The van der Waals surface area contributed by atoms with E-state index in [1.807, 2.05) is 31.2 Å². The number of carbonyl (C=O) groups excluding carboxylic acids is 1. The van der Waals surface area contributed by atoms with E-state index in [0.29, 0.717) is 5.56 Å². The fourth-order valence-corrected chi connectivity index (χ4v) is 2.70. The first-order chi connectivity index (χ1) is 12.4. The molecule has 0 bridgehead atoms. The monoisotopic (exact) mass is 356 g/mol. The Hall–Kier alpha value is -3.20. The molecule has 0 aliphatic heterocycles. The number of aromatic nitrogens is 1. The van der Waals surface area contributed by atoms with Gasteiger partial charge in [-0.25, -0.2) is 0 Å². The molecule has 0 radical (unpaired) electrons. The van der Waals surface area contributed by atoms with Crippen molar-refractivity contribution in [3.63, 3.8) is 0 Å². The summed E-state index contributed by atoms with van der Waals surface area (Å²) < 4.78 is 38.0. The number of nitrogens with one attached hydrogen (secondary N) is 2. The number of aromatic amines is 1. The highest BCUT2D eigenvalue weighted by molar-refractivity contribution is 6.08. The lowest BCUT2D eigenvalue weighted by atomic mass is 10.1. The van der Waals surface area contributed by atoms with Crippen molar-refractivity contribution in [2.45, 2.75) is 13.1 Å². The Morgan fingerprint density at radius 1 is 1.15 bits per heavy atom. The van der Waals surface area contributed by atoms with E-state index in [2.05, 4.69) is 22.1 Å². The minimum absolute atomic E-state index is 0.0357. The number of amides is 1. The van der Waals surface area contributed by atoms with Crippen molar-refractivity contribution in [1.29, 1.82) is 0 Å². The van der Waals surface area contributed by atoms with Crippen LogP contribution in [0.3, 0.4) is 0 Å². The van der Waals surface area contributed by atoms with E-state index >= 15 is 0 Å². The molecule has 3 nitrogen and oxygen atoms in total. The molecule has 0 saturated carbocycles. The topological polar surface area (TPSA) is 44.9 Å². The van der Waals surface area contributed by atoms with Gasteiger partial charge in [0.15, 0.2) is 0 Å². The van der Waals surface area contributed by atoms with Crippen LogP contribution in [-0.4, -0.2) is 17.4 Å². The third-order valence-electron chi connectivity index (χ3n) is 3.88. The zero-order valence-electron chi connectivity index (χ0n) is 13.9. The molecular formula is C20H15F3N2O. The second kappa shape index (κ2) is 6.96. The molecular weight excluding hydrogens is 341 g/mol. The summed E-state index contributed by atoms with van der Waals surface area (Å²) in [7, 11) is 0. The van der Waals surface area contributed by atoms with Crippen LogP contribution in [0.15, 0.2) is 48.5 Å². The van der Waals surface area contributed by atoms with Gasteiger partial charge in [0, 0.05) is 22.2 Å². The summed E-state index contributed by atoms with van der Waals surface area (Å²) in [5.74, 6) is 5.04. The van der Waals surface area contributed by atoms with Gasteiger partial charge < -0.3 is 10.3 Å². The molecule has 1 heterocycles. The SMILES string of the molecule is Cc1[nH]c2ccccc2c1C(=O)NCC#Cc1cccc(C(F)(F)F)c1. The molecule has 2 aromatic carbocycles. The predicted molar refractivity (Wildman–Crippen MR) is 93.7 cm³/mol. The highest BCUT2D eigenvalue weighted by Gasteiger charge is 2.30. The third-order valence-corrected chi connectivity index (χ3v) is 3.88. The number of fused-ring (bicyclic) bond motifs is 1. The normalized spacial score (nSPS) is 11.1. The standard InChI is InChI=1S/C20H15F3N2O/c1-13-18(16-9-2-3-10-17(16)25-13)19(26)24-11-5-7-14-6-4-8-15(12-14)20(21,22)23/h2-4,6,8-10,12,25H,11H2,1H3,(H,24,26). The number of alkyl halides is 3. The van der Waals surface area contributed by atoms with Crippen LogP contribution in [0.25, 0.3) is 10.9 Å². The van der Waals surface area contributed by atoms with Crippen LogP contribution in [0.1, 0.15) is 27.2 Å². The van der Waals surface area contributed by atoms with E-state index in [1.165, 1.54) is 12.1 Å². The summed E-state index contributed by atoms with van der Waals surface area (Å²) in [6, 6.07) is 12.2. The Balaban J connectivity index is 1.70. The van der Waals surface area contributed by atoms with Crippen molar-refractivity contribution in [1.82, 2.24) is 10.3 Å². The second-order valence-electron chi connectivity index (χ2n) is 5.73. The Bertz CT molecular complexity index is 1020. The van der Waals surface area contributed by atoms with Crippen LogP contribution >= 0.6 is 0 Å². The van der Waals surface area contributed by atoms with Crippen LogP contribution in [0, 0.1) is 18.8 Å². The number of hydrogen-bond donors (Lipinski definition) is 2. The lowest BCUT2D eigenvalue weighted by Crippen LogP contribution is -2.24. The molecule has 2 N–H and O–H groups in total. The Labute approximate surface area is 148 Å². The molecule has 3 aromatic rings. The molecule has 0 atom stereocenters. The maximum Gasteiger partial charge on any atom is 0.416 e. The van der Waals surface area contributed by atoms with E-state index < -0.39 is 11.7 Å². The highest BCUT2D eigenvalue weighted by atomic mass is 19.4. The first-order valence-corrected chi connectivity index (χ1v) is 7.88. The van der Waals surface area contributed by atoms with Gasteiger partial charge in [-0.1, -0.05) is 36.1 Å². The zero-order chi connectivity index (χ0) is 18.7. The maximum absolute atomic E-state index is 12.7. The van der Waals surface area contributed by atoms with E-state index in [0.717, 1.165) is 28.7 Å². The van der Waals surface area contributed by atoms with Gasteiger partial charge >= 0.3 is 6.18 Å². The molecule has 6 heteroatoms. The Kier molecular flexibility index (Phi) is 4.72. The summed E-state index contributed by atoms with van der Waals surface area (Å²) in [5, 5.41) is 3.49. The summed E-state index contributed by atoms with van der Waals surface area (Å²) in [6.07, 6.45) is -4.40. The summed E-state index contributed by atoms with van der Waals surface area (Å²) in [5.41, 5.74) is 1.65. The summed E-state index contributed by atoms with van der Waals surface area (Å²) in [6.45, 7) is 1.84. The van der Waals surface area contributed by atoms with E-state index in [-0.39, 0.29) is 18.0 Å². The summed E-state index contributed by atoms with van der Waals surface area (Å²) >= 11 is 0. The number of benzene rings is 2. The minimum Gasteiger partial charge on any atom is -0.358 e. The molecule has 0 unspecified atom stereocenters. The van der Waals surface area contributed by atoms with Gasteiger partial charge in [0.05, 0.1) is 17.7 Å². The van der Waals surface area contributed by atoms with Crippen molar-refractivity contribution in [2.24, 2.45) is 0 Å². The van der Waals surface area contributed by atoms with Gasteiger partial charge in [-0.3, -0.25) is 4.79 Å². The molecule has 1 amide bonds. The fourth-order valence-electron chi connectivity index (χ4n) is 2.70. The van der Waals surface area contributed by atoms with E-state index in [4.69, 9.17) is 0 Å². The molecule has 0 fully saturated rings. The van der Waals surface area contributed by atoms with E-state index in [9.17, 15) is 18.0 Å². The van der Waals surface area contributed by atoms with Crippen molar-refractivity contribution < 1.29 is 18.0 Å². The van der Waals surface area contributed by atoms with Gasteiger partial charge in [-0.15, -0.1) is 0 Å². The predicted octanol–water partition coefficient (Wildman–Crippen LogP) is 4.28. The number of halogens is 3. The highest BCUT2D eigenvalue weighted by Crippen LogP contribution is 2.29. The van der Waals surface area contributed by atoms with Gasteiger partial charge in [0.1, 0.15) is 0 Å². The maximum atomic E-state index is 12.7. The van der Waals surface area contributed by atoms with Crippen LogP contribution in [-0.2, 0) is 6.18 Å². The summed E-state index contributed by atoms with van der Waals surface area (Å²) in [4.78, 5) is 15.5. The quantitative estimate of drug-likeness (QED) is 0.662. The Morgan fingerprint density at radius 2 is 1.92 bits per heavy atom. The number of carbonyl (C=O) groups is 1. The van der Waals surface area contributed by atoms with Crippen molar-refractivity contribution in [3.05, 3.63) is 70.9 Å². The molecule has 0 saturated heterocycles. The minimum atomic E-state index is -4.40. The van der Waals surface area contributed by atoms with Gasteiger partial charge in [0.2, 0.25) is 0 Å². The van der Waals surface area contributed by atoms with Crippen LogP contribution in [0.2, 0.25) is 0 Å². The van der Waals surface area contributed by atoms with Gasteiger partial charge in [-0.2, -0.15) is 13.2 Å². The van der Waals surface area contributed by atoms with Crippen LogP contribution in [0.4, 0.5) is 13.2 Å². The lowest BCUT2D eigenvalue weighted by molar-refractivity contribution is -0.137. The van der Waals surface area contributed by atoms with Crippen molar-refractivity contribution in [3.8, 4) is 11.8 Å². The first-order valence-electron chi connectivity index (χ1n) is 7.88. The first kappa shape index (κ1) is 17.6.